The average Bonchev–Trinajstić information content (AvgIpc) is 2.64. The van der Waals surface area contributed by atoms with E-state index in [1.807, 2.05) is 6.08 Å². The van der Waals surface area contributed by atoms with Gasteiger partial charge in [0.1, 0.15) is 17.7 Å². The summed E-state index contributed by atoms with van der Waals surface area (Å²) in [5, 5.41) is 5.09. The first-order chi connectivity index (χ1) is 13.0. The van der Waals surface area contributed by atoms with Gasteiger partial charge in [0.25, 0.3) is 0 Å². The van der Waals surface area contributed by atoms with E-state index in [2.05, 4.69) is 16.6 Å². The van der Waals surface area contributed by atoms with Crippen molar-refractivity contribution >= 4 is 11.8 Å². The van der Waals surface area contributed by atoms with E-state index in [9.17, 15) is 18.4 Å². The first kappa shape index (κ1) is 20.6. The van der Waals surface area contributed by atoms with Gasteiger partial charge in [-0.1, -0.05) is 31.3 Å². The summed E-state index contributed by atoms with van der Waals surface area (Å²) in [5.41, 5.74) is 0.268. The second-order valence-corrected chi connectivity index (χ2v) is 6.72. The van der Waals surface area contributed by atoms with Crippen molar-refractivity contribution in [2.24, 2.45) is 5.92 Å². The fourth-order valence-corrected chi connectivity index (χ4v) is 3.21. The smallest absolute Gasteiger partial charge is 0.244 e. The van der Waals surface area contributed by atoms with Crippen LogP contribution in [-0.2, 0) is 16.0 Å². The number of carbonyl (C=O) groups excluding carboxylic acids is 2. The van der Waals surface area contributed by atoms with Crippen LogP contribution in [-0.4, -0.2) is 24.4 Å². The van der Waals surface area contributed by atoms with Crippen molar-refractivity contribution in [2.45, 2.75) is 44.6 Å². The number of allylic oxidation sites excluding steroid dienone is 1. The van der Waals surface area contributed by atoms with E-state index in [4.69, 9.17) is 6.42 Å². The fourth-order valence-electron chi connectivity index (χ4n) is 3.21. The highest BCUT2D eigenvalue weighted by atomic mass is 19.1. The Morgan fingerprint density at radius 1 is 1.19 bits per heavy atom. The van der Waals surface area contributed by atoms with E-state index in [0.29, 0.717) is 5.92 Å². The summed E-state index contributed by atoms with van der Waals surface area (Å²) >= 11 is 0. The van der Waals surface area contributed by atoms with Gasteiger partial charge in [-0.2, -0.15) is 0 Å². The summed E-state index contributed by atoms with van der Waals surface area (Å²) in [4.78, 5) is 24.5. The van der Waals surface area contributed by atoms with E-state index in [1.165, 1.54) is 12.5 Å². The second-order valence-electron chi connectivity index (χ2n) is 6.72. The number of hydrogen-bond donors (Lipinski definition) is 2. The number of benzene rings is 1. The van der Waals surface area contributed by atoms with E-state index in [1.54, 1.807) is 0 Å². The van der Waals surface area contributed by atoms with Crippen molar-refractivity contribution in [3.63, 3.8) is 0 Å². The largest absolute Gasteiger partial charge is 0.343 e. The highest BCUT2D eigenvalue weighted by molar-refractivity contribution is 5.93. The molecule has 0 unspecified atom stereocenters. The monoisotopic (exact) mass is 374 g/mol. The molecule has 1 aliphatic rings. The molecule has 2 rings (SSSR count). The van der Waals surface area contributed by atoms with Crippen LogP contribution in [0.25, 0.3) is 0 Å². The summed E-state index contributed by atoms with van der Waals surface area (Å²) in [6.07, 6.45) is 14.0. The van der Waals surface area contributed by atoms with Crippen LogP contribution in [0, 0.1) is 29.9 Å². The minimum absolute atomic E-state index is 0.000624. The number of amides is 2. The number of terminal acetylenes is 1. The molecule has 2 N–H and O–H groups in total. The van der Waals surface area contributed by atoms with Gasteiger partial charge >= 0.3 is 0 Å². The van der Waals surface area contributed by atoms with Crippen molar-refractivity contribution in [3.8, 4) is 12.3 Å². The van der Waals surface area contributed by atoms with Crippen LogP contribution in [0.3, 0.4) is 0 Å². The predicted molar refractivity (Wildman–Crippen MR) is 99.6 cm³/mol. The minimum Gasteiger partial charge on any atom is -0.343 e. The standard InChI is InChI=1S/C21H24F2N2O2/c1-2-10-24-21(27)19(13-16-11-17(22)14-18(23)12-16)25-20(26)9-8-15-6-4-3-5-7-15/h1,8-9,11-12,14-15,19H,3-7,10,13H2,(H,24,27)(H,25,26)/b9-8+/t19-/m0/s1. The SMILES string of the molecule is C#CCNC(=O)[C@H](Cc1cc(F)cc(F)c1)NC(=O)/C=C/C1CCCCC1. The normalized spacial score (nSPS) is 15.9. The lowest BCUT2D eigenvalue weighted by Crippen LogP contribution is -2.47. The molecule has 2 amide bonds. The minimum atomic E-state index is -0.983. The zero-order valence-electron chi connectivity index (χ0n) is 15.1. The third-order valence-corrected chi connectivity index (χ3v) is 4.53. The Morgan fingerprint density at radius 2 is 1.85 bits per heavy atom. The zero-order chi connectivity index (χ0) is 19.6. The topological polar surface area (TPSA) is 58.2 Å². The molecule has 0 bridgehead atoms. The molecule has 0 saturated heterocycles. The molecule has 0 aliphatic heterocycles. The van der Waals surface area contributed by atoms with Gasteiger partial charge < -0.3 is 10.6 Å². The Bertz CT molecular complexity index is 714. The van der Waals surface area contributed by atoms with Crippen LogP contribution in [0.1, 0.15) is 37.7 Å². The Kier molecular flexibility index (Phi) is 8.00. The first-order valence-corrected chi connectivity index (χ1v) is 9.13. The third-order valence-electron chi connectivity index (χ3n) is 4.53. The van der Waals surface area contributed by atoms with Crippen molar-refractivity contribution in [3.05, 3.63) is 47.5 Å². The summed E-state index contributed by atoms with van der Waals surface area (Å²) in [5.74, 6) is 0.249. The summed E-state index contributed by atoms with van der Waals surface area (Å²) in [6, 6.07) is 2.04. The van der Waals surface area contributed by atoms with Crippen molar-refractivity contribution in [1.29, 1.82) is 0 Å². The fraction of sp³-hybridized carbons (Fsp3) is 0.429. The van der Waals surface area contributed by atoms with Gasteiger partial charge in [-0.05, 0) is 42.5 Å². The lowest BCUT2D eigenvalue weighted by molar-refractivity contribution is -0.126. The van der Waals surface area contributed by atoms with Crippen molar-refractivity contribution in [2.75, 3.05) is 6.54 Å². The van der Waals surface area contributed by atoms with Gasteiger partial charge in [-0.25, -0.2) is 8.78 Å². The quantitative estimate of drug-likeness (QED) is 0.570. The Labute approximate surface area is 158 Å². The van der Waals surface area contributed by atoms with Crippen molar-refractivity contribution in [1.82, 2.24) is 10.6 Å². The molecule has 1 saturated carbocycles. The Morgan fingerprint density at radius 3 is 2.48 bits per heavy atom. The van der Waals surface area contributed by atoms with E-state index < -0.39 is 29.5 Å². The number of halogens is 2. The molecule has 6 heteroatoms. The number of carbonyl (C=O) groups is 2. The molecule has 0 aromatic heterocycles. The van der Waals surface area contributed by atoms with Gasteiger partial charge in [-0.3, -0.25) is 9.59 Å². The van der Waals surface area contributed by atoms with Gasteiger partial charge in [0, 0.05) is 12.5 Å². The highest BCUT2D eigenvalue weighted by Crippen LogP contribution is 2.24. The van der Waals surface area contributed by atoms with Crippen LogP contribution in [0.15, 0.2) is 30.4 Å². The lowest BCUT2D eigenvalue weighted by atomic mass is 9.89. The Hall–Kier alpha value is -2.68. The number of rotatable bonds is 7. The molecule has 1 aromatic rings. The predicted octanol–water partition coefficient (Wildman–Crippen LogP) is 2.88. The lowest BCUT2D eigenvalue weighted by Gasteiger charge is -2.19. The van der Waals surface area contributed by atoms with Crippen LogP contribution in [0.4, 0.5) is 8.78 Å². The highest BCUT2D eigenvalue weighted by Gasteiger charge is 2.21. The van der Waals surface area contributed by atoms with Crippen LogP contribution >= 0.6 is 0 Å². The maximum Gasteiger partial charge on any atom is 0.244 e. The molecule has 1 aromatic carbocycles. The molecule has 1 atom stereocenters. The number of hydrogen-bond acceptors (Lipinski definition) is 2. The van der Waals surface area contributed by atoms with Gasteiger partial charge in [0.15, 0.2) is 0 Å². The van der Waals surface area contributed by atoms with Gasteiger partial charge in [0.2, 0.25) is 11.8 Å². The maximum atomic E-state index is 13.4. The average molecular weight is 374 g/mol. The molecule has 0 radical (unpaired) electrons. The third kappa shape index (κ3) is 7.22. The molecule has 1 fully saturated rings. The molecule has 0 spiro atoms. The van der Waals surface area contributed by atoms with Crippen LogP contribution in [0.5, 0.6) is 0 Å². The Balaban J connectivity index is 2.04. The second kappa shape index (κ2) is 10.5. The summed E-state index contributed by atoms with van der Waals surface area (Å²) < 4.78 is 26.8. The molecular weight excluding hydrogens is 350 g/mol. The van der Waals surface area contributed by atoms with Crippen LogP contribution in [0.2, 0.25) is 0 Å². The summed E-state index contributed by atoms with van der Waals surface area (Å²) in [7, 11) is 0. The zero-order valence-corrected chi connectivity index (χ0v) is 15.1. The number of nitrogens with one attached hydrogen (secondary N) is 2. The van der Waals surface area contributed by atoms with E-state index >= 15 is 0 Å². The molecule has 1 aliphatic carbocycles. The van der Waals surface area contributed by atoms with E-state index in [-0.39, 0.29) is 18.5 Å². The van der Waals surface area contributed by atoms with Gasteiger partial charge in [-0.15, -0.1) is 6.42 Å². The van der Waals surface area contributed by atoms with Crippen LogP contribution < -0.4 is 10.6 Å². The molecule has 4 nitrogen and oxygen atoms in total. The van der Waals surface area contributed by atoms with Gasteiger partial charge in [0.05, 0.1) is 6.54 Å². The van der Waals surface area contributed by atoms with E-state index in [0.717, 1.165) is 43.9 Å². The molecule has 27 heavy (non-hydrogen) atoms. The maximum absolute atomic E-state index is 13.4. The molecular formula is C21H24F2N2O2. The molecule has 144 valence electrons. The van der Waals surface area contributed by atoms with Crippen molar-refractivity contribution < 1.29 is 18.4 Å². The molecule has 0 heterocycles. The summed E-state index contributed by atoms with van der Waals surface area (Å²) in [6.45, 7) is 0.000624. The first-order valence-electron chi connectivity index (χ1n) is 9.13.